The number of hydrogen-bond donors (Lipinski definition) is 3. The first-order valence-electron chi connectivity index (χ1n) is 10.9. The highest BCUT2D eigenvalue weighted by Crippen LogP contribution is 2.27. The molecule has 0 bridgehead atoms. The van der Waals surface area contributed by atoms with E-state index < -0.39 is 6.10 Å². The highest BCUT2D eigenvalue weighted by molar-refractivity contribution is 5.91. The molecule has 9 nitrogen and oxygen atoms in total. The number of ether oxygens (including phenoxy) is 1. The van der Waals surface area contributed by atoms with Gasteiger partial charge in [-0.25, -0.2) is 0 Å². The lowest BCUT2D eigenvalue weighted by atomic mass is 10.0. The van der Waals surface area contributed by atoms with Crippen LogP contribution in [0.3, 0.4) is 0 Å². The van der Waals surface area contributed by atoms with Crippen LogP contribution in [0.15, 0.2) is 42.7 Å². The minimum Gasteiger partial charge on any atom is -0.497 e. The molecule has 2 aromatic heterocycles. The summed E-state index contributed by atoms with van der Waals surface area (Å²) in [5, 5.41) is 22.1. The predicted octanol–water partition coefficient (Wildman–Crippen LogP) is 1.70. The highest BCUT2D eigenvalue weighted by Gasteiger charge is 2.23. The third-order valence-electron chi connectivity index (χ3n) is 6.00. The van der Waals surface area contributed by atoms with E-state index in [1.807, 2.05) is 24.3 Å². The zero-order chi connectivity index (χ0) is 22.5. The summed E-state index contributed by atoms with van der Waals surface area (Å²) < 4.78 is 6.96. The fraction of sp³-hybridized carbons (Fsp3) is 0.435. The molecule has 3 heterocycles. The van der Waals surface area contributed by atoms with Crippen molar-refractivity contribution in [1.82, 2.24) is 25.0 Å². The molecule has 4 rings (SSSR count). The van der Waals surface area contributed by atoms with Crippen molar-refractivity contribution in [3.63, 3.8) is 0 Å². The van der Waals surface area contributed by atoms with Gasteiger partial charge < -0.3 is 25.4 Å². The Balaban J connectivity index is 1.26. The van der Waals surface area contributed by atoms with Crippen LogP contribution in [-0.4, -0.2) is 70.0 Å². The molecule has 3 aromatic rings. The van der Waals surface area contributed by atoms with Gasteiger partial charge >= 0.3 is 0 Å². The van der Waals surface area contributed by atoms with E-state index in [4.69, 9.17) is 4.74 Å². The topological polar surface area (TPSA) is 105 Å². The number of aliphatic hydroxyl groups excluding tert-OH is 1. The lowest BCUT2D eigenvalue weighted by molar-refractivity contribution is -0.115. The Morgan fingerprint density at radius 2 is 2.06 bits per heavy atom. The van der Waals surface area contributed by atoms with Crippen LogP contribution in [0.4, 0.5) is 5.82 Å². The number of amides is 1. The number of aliphatic hydroxyl groups is 1. The van der Waals surface area contributed by atoms with Gasteiger partial charge in [0.2, 0.25) is 5.91 Å². The second-order valence-corrected chi connectivity index (χ2v) is 8.14. The van der Waals surface area contributed by atoms with Crippen LogP contribution in [0.25, 0.3) is 10.9 Å². The monoisotopic (exact) mass is 438 g/mol. The number of aromatic nitrogens is 3. The quantitative estimate of drug-likeness (QED) is 0.492. The zero-order valence-corrected chi connectivity index (χ0v) is 18.5. The van der Waals surface area contributed by atoms with Gasteiger partial charge in [0.1, 0.15) is 11.6 Å². The summed E-state index contributed by atoms with van der Waals surface area (Å²) in [5.41, 5.74) is 1.70. The van der Waals surface area contributed by atoms with Crippen molar-refractivity contribution < 1.29 is 14.6 Å². The average Bonchev–Trinajstić information content (AvgIpc) is 3.21. The second-order valence-electron chi connectivity index (χ2n) is 8.14. The molecule has 1 fully saturated rings. The van der Waals surface area contributed by atoms with Crippen molar-refractivity contribution in [1.29, 1.82) is 0 Å². The normalized spacial score (nSPS) is 16.2. The number of β-amino-alcohol motifs (C(OH)–C–C–N with tert-alkyl or cyclic N) is 1. The number of hydrogen-bond acceptors (Lipinski definition) is 7. The van der Waals surface area contributed by atoms with E-state index in [2.05, 4.69) is 25.6 Å². The minimum atomic E-state index is -0.609. The number of rotatable bonds is 8. The van der Waals surface area contributed by atoms with Gasteiger partial charge in [-0.15, -0.1) is 0 Å². The molecule has 9 heteroatoms. The molecule has 0 saturated carbocycles. The summed E-state index contributed by atoms with van der Waals surface area (Å²) >= 11 is 0. The summed E-state index contributed by atoms with van der Waals surface area (Å²) in [7, 11) is 3.42. The Bertz CT molecular complexity index is 1060. The van der Waals surface area contributed by atoms with Crippen molar-refractivity contribution in [3.05, 3.63) is 48.3 Å². The van der Waals surface area contributed by atoms with Crippen molar-refractivity contribution in [3.8, 4) is 5.75 Å². The third-order valence-corrected chi connectivity index (χ3v) is 6.00. The van der Waals surface area contributed by atoms with Crippen LogP contribution in [-0.2, 0) is 11.8 Å². The number of anilines is 1. The van der Waals surface area contributed by atoms with Gasteiger partial charge in [-0.2, -0.15) is 5.10 Å². The molecule has 1 aliphatic rings. The number of benzene rings is 1. The first kappa shape index (κ1) is 22.2. The maximum atomic E-state index is 12.2. The van der Waals surface area contributed by atoms with E-state index >= 15 is 0 Å². The molecule has 170 valence electrons. The number of aryl methyl sites for hydroxylation is 1. The van der Waals surface area contributed by atoms with Crippen LogP contribution < -0.4 is 15.4 Å². The SMILES string of the molecule is COc1ccc2nccc(C(O)CN3CCC(NCC(=O)Nc4ccnn4C)CC3)c2c1. The van der Waals surface area contributed by atoms with Crippen LogP contribution in [0, 0.1) is 0 Å². The maximum Gasteiger partial charge on any atom is 0.239 e. The lowest BCUT2D eigenvalue weighted by Gasteiger charge is -2.33. The van der Waals surface area contributed by atoms with E-state index in [0.29, 0.717) is 12.4 Å². The number of pyridine rings is 1. The number of carbonyl (C=O) groups excluding carboxylic acids is 1. The Kier molecular flexibility index (Phi) is 6.99. The van der Waals surface area contributed by atoms with Gasteiger partial charge in [0.25, 0.3) is 0 Å². The van der Waals surface area contributed by atoms with Gasteiger partial charge in [0.05, 0.1) is 31.5 Å². The number of fused-ring (bicyclic) bond motifs is 1. The molecule has 1 aliphatic heterocycles. The van der Waals surface area contributed by atoms with Gasteiger partial charge in [-0.3, -0.25) is 14.5 Å². The zero-order valence-electron chi connectivity index (χ0n) is 18.5. The predicted molar refractivity (Wildman–Crippen MR) is 123 cm³/mol. The number of nitrogens with zero attached hydrogens (tertiary/aromatic N) is 4. The van der Waals surface area contributed by atoms with Crippen molar-refractivity contribution in [2.24, 2.45) is 7.05 Å². The summed E-state index contributed by atoms with van der Waals surface area (Å²) in [6.07, 6.45) is 4.63. The Hall–Kier alpha value is -3.01. The average molecular weight is 439 g/mol. The summed E-state index contributed by atoms with van der Waals surface area (Å²) in [5.74, 6) is 1.35. The second kappa shape index (κ2) is 10.1. The number of likely N-dealkylation sites (tertiary alicyclic amines) is 1. The van der Waals surface area contributed by atoms with Gasteiger partial charge in [0, 0.05) is 37.3 Å². The molecule has 3 N–H and O–H groups in total. The molecule has 1 atom stereocenters. The molecular weight excluding hydrogens is 408 g/mol. The van der Waals surface area contributed by atoms with Crippen LogP contribution in [0.2, 0.25) is 0 Å². The van der Waals surface area contributed by atoms with Gasteiger partial charge in [-0.1, -0.05) is 0 Å². The number of piperidine rings is 1. The number of nitrogens with one attached hydrogen (secondary N) is 2. The molecule has 32 heavy (non-hydrogen) atoms. The third kappa shape index (κ3) is 5.24. The standard InChI is InChI=1S/C23H30N6O3/c1-28-22(6-10-26-28)27-23(31)14-25-16-7-11-29(12-8-16)15-21(30)18-5-9-24-20-4-3-17(32-2)13-19(18)20/h3-6,9-10,13,16,21,25,30H,7-8,11-12,14-15H2,1-2H3,(H,27,31). The van der Waals surface area contributed by atoms with Crippen molar-refractivity contribution >= 4 is 22.6 Å². The van der Waals surface area contributed by atoms with Crippen LogP contribution >= 0.6 is 0 Å². The first-order chi connectivity index (χ1) is 15.5. The Morgan fingerprint density at radius 3 is 2.78 bits per heavy atom. The van der Waals surface area contributed by atoms with E-state index in [9.17, 15) is 9.90 Å². The van der Waals surface area contributed by atoms with Gasteiger partial charge in [0.15, 0.2) is 0 Å². The highest BCUT2D eigenvalue weighted by atomic mass is 16.5. The number of methoxy groups -OCH3 is 1. The fourth-order valence-electron chi connectivity index (χ4n) is 4.15. The van der Waals surface area contributed by atoms with E-state index in [1.54, 1.807) is 37.3 Å². The Morgan fingerprint density at radius 1 is 1.25 bits per heavy atom. The molecule has 1 unspecified atom stereocenters. The van der Waals surface area contributed by atoms with Crippen LogP contribution in [0.1, 0.15) is 24.5 Å². The summed E-state index contributed by atoms with van der Waals surface area (Å²) in [6.45, 7) is 2.56. The molecule has 0 radical (unpaired) electrons. The van der Waals surface area contributed by atoms with Crippen molar-refractivity contribution in [2.45, 2.75) is 25.0 Å². The smallest absolute Gasteiger partial charge is 0.239 e. The van der Waals surface area contributed by atoms with Crippen LogP contribution in [0.5, 0.6) is 5.75 Å². The lowest BCUT2D eigenvalue weighted by Crippen LogP contribution is -2.45. The minimum absolute atomic E-state index is 0.0774. The molecule has 0 aliphatic carbocycles. The molecule has 1 saturated heterocycles. The molecule has 0 spiro atoms. The van der Waals surface area contributed by atoms with E-state index in [1.165, 1.54) is 0 Å². The molecular formula is C23H30N6O3. The van der Waals surface area contributed by atoms with E-state index in [-0.39, 0.29) is 18.5 Å². The van der Waals surface area contributed by atoms with Gasteiger partial charge in [-0.05, 0) is 55.8 Å². The first-order valence-corrected chi connectivity index (χ1v) is 10.9. The Labute approximate surface area is 187 Å². The largest absolute Gasteiger partial charge is 0.497 e. The summed E-state index contributed by atoms with van der Waals surface area (Å²) in [4.78, 5) is 18.8. The maximum absolute atomic E-state index is 12.2. The molecule has 1 aromatic carbocycles. The number of carbonyl (C=O) groups is 1. The van der Waals surface area contributed by atoms with Crippen molar-refractivity contribution in [2.75, 3.05) is 38.6 Å². The molecule has 1 amide bonds. The van der Waals surface area contributed by atoms with E-state index in [0.717, 1.165) is 48.1 Å². The summed E-state index contributed by atoms with van der Waals surface area (Å²) in [6, 6.07) is 9.64. The fourth-order valence-corrected chi connectivity index (χ4v) is 4.15.